The van der Waals surface area contributed by atoms with Crippen molar-refractivity contribution in [3.63, 3.8) is 0 Å². The van der Waals surface area contributed by atoms with Crippen molar-refractivity contribution in [2.45, 2.75) is 52.4 Å². The molecule has 170 valence electrons. The molecule has 3 nitrogen and oxygen atoms in total. The Balaban J connectivity index is 1.97. The normalized spacial score (nSPS) is 21.5. The smallest absolute Gasteiger partial charge is 0.127 e. The van der Waals surface area contributed by atoms with Gasteiger partial charge in [-0.2, -0.15) is 0 Å². The second-order valence-electron chi connectivity index (χ2n) is 8.53. The third-order valence-corrected chi connectivity index (χ3v) is 6.17. The van der Waals surface area contributed by atoms with E-state index in [1.54, 1.807) is 18.5 Å². The quantitative estimate of drug-likeness (QED) is 0.450. The van der Waals surface area contributed by atoms with Gasteiger partial charge in [0.15, 0.2) is 0 Å². The van der Waals surface area contributed by atoms with Gasteiger partial charge in [-0.1, -0.05) is 55.8 Å². The molecule has 2 rings (SSSR count). The number of aliphatic imine (C=N–C) groups is 1. The molecule has 2 atom stereocenters. The topological polar surface area (TPSA) is 36.4 Å². The molecule has 0 amide bonds. The highest BCUT2D eigenvalue weighted by Crippen LogP contribution is 2.31. The predicted molar refractivity (Wildman–Crippen MR) is 133 cm³/mol. The molecule has 0 radical (unpaired) electrons. The summed E-state index contributed by atoms with van der Waals surface area (Å²) >= 11 is 6.11. The molecule has 0 bridgehead atoms. The van der Waals surface area contributed by atoms with E-state index in [0.29, 0.717) is 35.5 Å². The number of rotatable bonds is 8. The molecular formula is C26H37ClFN3. The Morgan fingerprint density at radius 1 is 1.32 bits per heavy atom. The van der Waals surface area contributed by atoms with E-state index >= 15 is 0 Å². The van der Waals surface area contributed by atoms with Crippen molar-refractivity contribution in [1.82, 2.24) is 10.6 Å². The van der Waals surface area contributed by atoms with Crippen LogP contribution in [0.4, 0.5) is 4.39 Å². The molecule has 0 aromatic heterocycles. The highest BCUT2D eigenvalue weighted by molar-refractivity contribution is 6.39. The van der Waals surface area contributed by atoms with Crippen LogP contribution in [0, 0.1) is 17.7 Å². The SMILES string of the molecule is C=C(C)Cc1ccc(C(=C)CCC(CC)C2CC/N=C\C(Cl)=C/NCNCC2)cc1F. The van der Waals surface area contributed by atoms with Crippen LogP contribution in [-0.4, -0.2) is 26.0 Å². The predicted octanol–water partition coefficient (Wildman–Crippen LogP) is 6.46. The average molecular weight is 446 g/mol. The minimum absolute atomic E-state index is 0.168. The van der Waals surface area contributed by atoms with E-state index in [4.69, 9.17) is 11.6 Å². The standard InChI is InChI=1S/C26H37ClFN3/c1-5-21(22-10-12-29-16-25(27)17-31-18-30-13-11-22)7-6-20(4)23-8-9-24(14-19(2)3)26(28)15-23/h8-9,15-17,21-22,30-31H,2,4-7,10-14,18H2,1,3H3/b25-17+,29-16-. The van der Waals surface area contributed by atoms with Gasteiger partial charge in [0, 0.05) is 19.0 Å². The second kappa shape index (κ2) is 13.5. The van der Waals surface area contributed by atoms with Crippen LogP contribution < -0.4 is 10.6 Å². The summed E-state index contributed by atoms with van der Waals surface area (Å²) in [6, 6.07) is 5.48. The Morgan fingerprint density at radius 3 is 2.84 bits per heavy atom. The summed E-state index contributed by atoms with van der Waals surface area (Å²) in [4.78, 5) is 4.48. The summed E-state index contributed by atoms with van der Waals surface area (Å²) in [7, 11) is 0. The molecule has 1 aromatic carbocycles. The molecule has 1 aromatic rings. The summed E-state index contributed by atoms with van der Waals surface area (Å²) < 4.78 is 14.5. The number of allylic oxidation sites excluding steroid dienone is 3. The fourth-order valence-electron chi connectivity index (χ4n) is 4.15. The van der Waals surface area contributed by atoms with Crippen molar-refractivity contribution in [2.75, 3.05) is 19.8 Å². The third kappa shape index (κ3) is 9.00. The van der Waals surface area contributed by atoms with Crippen LogP contribution in [0.15, 0.2) is 53.2 Å². The van der Waals surface area contributed by atoms with Crippen LogP contribution >= 0.6 is 11.6 Å². The Morgan fingerprint density at radius 2 is 2.13 bits per heavy atom. The monoisotopic (exact) mass is 445 g/mol. The first-order valence-corrected chi connectivity index (χ1v) is 11.7. The molecule has 1 heterocycles. The van der Waals surface area contributed by atoms with Crippen LogP contribution in [0.25, 0.3) is 5.57 Å². The maximum Gasteiger partial charge on any atom is 0.127 e. The maximum absolute atomic E-state index is 14.5. The van der Waals surface area contributed by atoms with Gasteiger partial charge in [0.1, 0.15) is 5.82 Å². The van der Waals surface area contributed by atoms with Crippen molar-refractivity contribution in [1.29, 1.82) is 0 Å². The molecule has 0 saturated carbocycles. The fourth-order valence-corrected chi connectivity index (χ4v) is 4.30. The Hall–Kier alpha value is -1.91. The minimum atomic E-state index is -0.168. The Bertz CT molecular complexity index is 800. The molecule has 2 unspecified atom stereocenters. The van der Waals surface area contributed by atoms with Crippen LogP contribution in [-0.2, 0) is 6.42 Å². The summed E-state index contributed by atoms with van der Waals surface area (Å²) in [6.45, 7) is 14.7. The van der Waals surface area contributed by atoms with Crippen molar-refractivity contribution in [3.05, 3.63) is 65.1 Å². The fraction of sp³-hybridized carbons (Fsp3) is 0.500. The number of nitrogens with zero attached hydrogens (tertiary/aromatic N) is 1. The summed E-state index contributed by atoms with van der Waals surface area (Å²) in [5.74, 6) is 1.00. The number of nitrogens with one attached hydrogen (secondary N) is 2. The first kappa shape index (κ1) is 25.4. The van der Waals surface area contributed by atoms with E-state index in [1.807, 2.05) is 19.1 Å². The zero-order valence-corrected chi connectivity index (χ0v) is 19.8. The Kier molecular flexibility index (Phi) is 11.0. The lowest BCUT2D eigenvalue weighted by Crippen LogP contribution is -2.29. The number of hydrogen-bond acceptors (Lipinski definition) is 3. The molecule has 0 fully saturated rings. The molecule has 0 spiro atoms. The van der Waals surface area contributed by atoms with Crippen molar-refractivity contribution < 1.29 is 4.39 Å². The molecule has 5 heteroatoms. The molecule has 0 aliphatic carbocycles. The summed E-state index contributed by atoms with van der Waals surface area (Å²) in [5, 5.41) is 7.18. The molecule has 1 aliphatic rings. The third-order valence-electron chi connectivity index (χ3n) is 5.96. The van der Waals surface area contributed by atoms with Crippen molar-refractivity contribution in [3.8, 4) is 0 Å². The molecular weight excluding hydrogens is 409 g/mol. The van der Waals surface area contributed by atoms with Gasteiger partial charge in [0.05, 0.1) is 11.7 Å². The Labute approximate surface area is 192 Å². The molecule has 31 heavy (non-hydrogen) atoms. The van der Waals surface area contributed by atoms with E-state index in [2.05, 4.69) is 35.7 Å². The largest absolute Gasteiger partial charge is 0.377 e. The molecule has 0 saturated heterocycles. The molecule has 1 aliphatic heterocycles. The zero-order valence-electron chi connectivity index (χ0n) is 19.0. The van der Waals surface area contributed by atoms with Crippen LogP contribution in [0.1, 0.15) is 57.1 Å². The van der Waals surface area contributed by atoms with Gasteiger partial charge in [0.2, 0.25) is 0 Å². The lowest BCUT2D eigenvalue weighted by Gasteiger charge is -2.27. The van der Waals surface area contributed by atoms with Gasteiger partial charge >= 0.3 is 0 Å². The summed E-state index contributed by atoms with van der Waals surface area (Å²) in [6.07, 6.45) is 9.28. The van der Waals surface area contributed by atoms with Gasteiger partial charge in [0.25, 0.3) is 0 Å². The minimum Gasteiger partial charge on any atom is -0.377 e. The molecule has 2 N–H and O–H groups in total. The number of halogens is 2. The first-order chi connectivity index (χ1) is 14.9. The van der Waals surface area contributed by atoms with E-state index in [0.717, 1.165) is 61.9 Å². The van der Waals surface area contributed by atoms with E-state index < -0.39 is 0 Å². The first-order valence-electron chi connectivity index (χ1n) is 11.3. The van der Waals surface area contributed by atoms with Crippen LogP contribution in [0.2, 0.25) is 0 Å². The van der Waals surface area contributed by atoms with Gasteiger partial charge < -0.3 is 10.6 Å². The lowest BCUT2D eigenvalue weighted by molar-refractivity contribution is 0.272. The number of benzene rings is 1. The van der Waals surface area contributed by atoms with Crippen LogP contribution in [0.3, 0.4) is 0 Å². The maximum atomic E-state index is 14.5. The van der Waals surface area contributed by atoms with Crippen molar-refractivity contribution >= 4 is 23.4 Å². The summed E-state index contributed by atoms with van der Waals surface area (Å²) in [5.41, 5.74) is 3.56. The van der Waals surface area contributed by atoms with Gasteiger partial charge in [-0.25, -0.2) is 4.39 Å². The van der Waals surface area contributed by atoms with E-state index in [9.17, 15) is 4.39 Å². The highest BCUT2D eigenvalue weighted by Gasteiger charge is 2.20. The zero-order chi connectivity index (χ0) is 22.6. The van der Waals surface area contributed by atoms with E-state index in [1.165, 1.54) is 0 Å². The lowest BCUT2D eigenvalue weighted by atomic mass is 9.80. The average Bonchev–Trinajstić information content (AvgIpc) is 2.73. The highest BCUT2D eigenvalue weighted by atomic mass is 35.5. The van der Waals surface area contributed by atoms with Gasteiger partial charge in [-0.15, -0.1) is 0 Å². The van der Waals surface area contributed by atoms with Crippen LogP contribution in [0.5, 0.6) is 0 Å². The van der Waals surface area contributed by atoms with Gasteiger partial charge in [-0.05, 0) is 80.2 Å². The van der Waals surface area contributed by atoms with Gasteiger partial charge in [-0.3, -0.25) is 4.99 Å². The number of hydrogen-bond donors (Lipinski definition) is 2. The van der Waals surface area contributed by atoms with Crippen molar-refractivity contribution in [2.24, 2.45) is 16.8 Å². The second-order valence-corrected chi connectivity index (χ2v) is 8.97. The van der Waals surface area contributed by atoms with E-state index in [-0.39, 0.29) is 5.82 Å².